The number of esters is 1. The van der Waals surface area contributed by atoms with Gasteiger partial charge in [-0.1, -0.05) is 30.3 Å². The third-order valence-electron chi connectivity index (χ3n) is 4.71. The molecule has 9 heteroatoms. The van der Waals surface area contributed by atoms with E-state index in [1.54, 1.807) is 62.4 Å². The van der Waals surface area contributed by atoms with Crippen molar-refractivity contribution in [3.05, 3.63) is 94.1 Å². The summed E-state index contributed by atoms with van der Waals surface area (Å²) in [6.07, 6.45) is -0.793. The van der Waals surface area contributed by atoms with E-state index in [0.717, 1.165) is 4.57 Å². The Kier molecular flexibility index (Phi) is 6.21. The molecule has 0 spiro atoms. The SMILES string of the molecule is Cc1cc2nc(COC(=O)c3ccccc3NC(=O)[C@@H](C)Oc3ccccc3)cc(=O)n2o1. The van der Waals surface area contributed by atoms with E-state index in [1.807, 2.05) is 6.07 Å². The summed E-state index contributed by atoms with van der Waals surface area (Å²) in [5.41, 5.74) is 0.630. The van der Waals surface area contributed by atoms with Crippen molar-refractivity contribution in [2.24, 2.45) is 0 Å². The molecule has 0 aliphatic rings. The number of benzene rings is 2. The monoisotopic (exact) mass is 447 g/mol. The van der Waals surface area contributed by atoms with Gasteiger partial charge in [0.15, 0.2) is 11.8 Å². The predicted molar refractivity (Wildman–Crippen MR) is 119 cm³/mol. The molecular formula is C24H21N3O6. The van der Waals surface area contributed by atoms with Crippen LogP contribution in [0.15, 0.2) is 76.0 Å². The fourth-order valence-electron chi connectivity index (χ4n) is 3.13. The van der Waals surface area contributed by atoms with Gasteiger partial charge in [-0.3, -0.25) is 9.59 Å². The molecule has 4 rings (SSSR count). The number of hydrogen-bond acceptors (Lipinski definition) is 7. The first-order valence-electron chi connectivity index (χ1n) is 10.2. The van der Waals surface area contributed by atoms with Crippen LogP contribution in [-0.2, 0) is 16.1 Å². The number of para-hydroxylation sites is 2. The van der Waals surface area contributed by atoms with Gasteiger partial charge in [0.05, 0.1) is 16.9 Å². The smallest absolute Gasteiger partial charge is 0.340 e. The largest absolute Gasteiger partial charge is 0.481 e. The molecule has 1 N–H and O–H groups in total. The molecule has 0 saturated heterocycles. The maximum absolute atomic E-state index is 12.7. The van der Waals surface area contributed by atoms with Crippen molar-refractivity contribution in [2.45, 2.75) is 26.6 Å². The summed E-state index contributed by atoms with van der Waals surface area (Å²) in [6.45, 7) is 3.09. The lowest BCUT2D eigenvalue weighted by Crippen LogP contribution is -2.30. The van der Waals surface area contributed by atoms with Crippen molar-refractivity contribution < 1.29 is 23.6 Å². The average molecular weight is 447 g/mol. The van der Waals surface area contributed by atoms with Crippen LogP contribution < -0.4 is 15.6 Å². The fraction of sp³-hybridized carbons (Fsp3) is 0.167. The zero-order valence-electron chi connectivity index (χ0n) is 18.0. The molecule has 0 fully saturated rings. The molecule has 4 aromatic rings. The van der Waals surface area contributed by atoms with Gasteiger partial charge >= 0.3 is 5.97 Å². The maximum Gasteiger partial charge on any atom is 0.340 e. The number of carbonyl (C=O) groups excluding carboxylic acids is 2. The van der Waals surface area contributed by atoms with Gasteiger partial charge in [0, 0.05) is 12.1 Å². The van der Waals surface area contributed by atoms with Crippen LogP contribution in [0, 0.1) is 6.92 Å². The number of nitrogens with zero attached hydrogens (tertiary/aromatic N) is 2. The van der Waals surface area contributed by atoms with Crippen LogP contribution in [0.2, 0.25) is 0 Å². The van der Waals surface area contributed by atoms with Crippen LogP contribution in [0.25, 0.3) is 5.65 Å². The summed E-state index contributed by atoms with van der Waals surface area (Å²) < 4.78 is 17.3. The van der Waals surface area contributed by atoms with Crippen molar-refractivity contribution in [2.75, 3.05) is 5.32 Å². The lowest BCUT2D eigenvalue weighted by atomic mass is 10.1. The minimum atomic E-state index is -0.793. The summed E-state index contributed by atoms with van der Waals surface area (Å²) >= 11 is 0. The second-order valence-corrected chi connectivity index (χ2v) is 7.27. The third-order valence-corrected chi connectivity index (χ3v) is 4.71. The summed E-state index contributed by atoms with van der Waals surface area (Å²) in [4.78, 5) is 41.7. The van der Waals surface area contributed by atoms with Gasteiger partial charge in [0.25, 0.3) is 11.5 Å². The minimum Gasteiger partial charge on any atom is -0.481 e. The molecule has 2 aromatic heterocycles. The number of rotatable bonds is 7. The quantitative estimate of drug-likeness (QED) is 0.432. The van der Waals surface area contributed by atoms with Crippen molar-refractivity contribution in [3.63, 3.8) is 0 Å². The number of fused-ring (bicyclic) bond motifs is 1. The number of anilines is 1. The molecule has 0 saturated carbocycles. The van der Waals surface area contributed by atoms with E-state index in [9.17, 15) is 14.4 Å². The highest BCUT2D eigenvalue weighted by molar-refractivity contribution is 6.02. The van der Waals surface area contributed by atoms with Gasteiger partial charge in [0.2, 0.25) is 0 Å². The Labute approximate surface area is 188 Å². The Bertz CT molecular complexity index is 1360. The summed E-state index contributed by atoms with van der Waals surface area (Å²) in [7, 11) is 0. The summed E-state index contributed by atoms with van der Waals surface area (Å²) in [5, 5.41) is 2.70. The molecule has 9 nitrogen and oxygen atoms in total. The minimum absolute atomic E-state index is 0.162. The lowest BCUT2D eigenvalue weighted by Gasteiger charge is -2.16. The first-order valence-corrected chi connectivity index (χ1v) is 10.2. The third kappa shape index (κ3) is 5.09. The van der Waals surface area contributed by atoms with E-state index in [4.69, 9.17) is 14.0 Å². The average Bonchev–Trinajstić information content (AvgIpc) is 3.19. The molecule has 0 radical (unpaired) electrons. The molecular weight excluding hydrogens is 426 g/mol. The molecule has 1 amide bonds. The molecule has 0 bridgehead atoms. The molecule has 0 aliphatic carbocycles. The van der Waals surface area contributed by atoms with E-state index in [2.05, 4.69) is 10.3 Å². The standard InChI is InChI=1S/C24H21N3O6/c1-15-12-21-25-17(13-22(28)27(21)33-15)14-31-24(30)19-10-6-7-11-20(19)26-23(29)16(2)32-18-8-4-3-5-9-18/h3-13,16H,14H2,1-2H3,(H,26,29)/t16-/m1/s1. The zero-order valence-corrected chi connectivity index (χ0v) is 18.0. The normalized spacial score (nSPS) is 11.7. The van der Waals surface area contributed by atoms with Crippen LogP contribution in [0.3, 0.4) is 0 Å². The van der Waals surface area contributed by atoms with Crippen molar-refractivity contribution in [1.29, 1.82) is 0 Å². The Hall–Kier alpha value is -4.40. The zero-order chi connectivity index (χ0) is 23.4. The number of aromatic nitrogens is 2. The van der Waals surface area contributed by atoms with Crippen molar-refractivity contribution >= 4 is 23.2 Å². The van der Waals surface area contributed by atoms with E-state index >= 15 is 0 Å². The first kappa shape index (κ1) is 21.8. The molecule has 168 valence electrons. The van der Waals surface area contributed by atoms with Crippen LogP contribution in [-0.4, -0.2) is 27.5 Å². The van der Waals surface area contributed by atoms with Crippen molar-refractivity contribution in [3.8, 4) is 5.75 Å². The second-order valence-electron chi connectivity index (χ2n) is 7.27. The highest BCUT2D eigenvalue weighted by Crippen LogP contribution is 2.18. The Morgan fingerprint density at radius 3 is 2.61 bits per heavy atom. The van der Waals surface area contributed by atoms with Gasteiger partial charge in [-0.15, -0.1) is 4.57 Å². The lowest BCUT2D eigenvalue weighted by molar-refractivity contribution is -0.122. The first-order chi connectivity index (χ1) is 15.9. The number of amides is 1. The highest BCUT2D eigenvalue weighted by Gasteiger charge is 2.19. The molecule has 2 heterocycles. The van der Waals surface area contributed by atoms with Gasteiger partial charge in [-0.25, -0.2) is 9.78 Å². The number of hydrogen-bond donors (Lipinski definition) is 1. The van der Waals surface area contributed by atoms with Gasteiger partial charge < -0.3 is 19.3 Å². The van der Waals surface area contributed by atoms with Gasteiger partial charge in [-0.2, -0.15) is 0 Å². The van der Waals surface area contributed by atoms with Crippen molar-refractivity contribution in [1.82, 2.24) is 9.56 Å². The van der Waals surface area contributed by atoms with Gasteiger partial charge in [-0.05, 0) is 38.1 Å². The molecule has 2 aromatic carbocycles. The Morgan fingerprint density at radius 1 is 1.09 bits per heavy atom. The van der Waals surface area contributed by atoms with Crippen LogP contribution in [0.5, 0.6) is 5.75 Å². The number of ether oxygens (including phenoxy) is 2. The molecule has 0 unspecified atom stereocenters. The number of carbonyl (C=O) groups is 2. The topological polar surface area (TPSA) is 112 Å². The van der Waals surface area contributed by atoms with Crippen LogP contribution >= 0.6 is 0 Å². The second kappa shape index (κ2) is 9.39. The summed E-state index contributed by atoms with van der Waals surface area (Å²) in [5.74, 6) is -0.00704. The van der Waals surface area contributed by atoms with E-state index in [-0.39, 0.29) is 23.6 Å². The Balaban J connectivity index is 1.43. The number of aryl methyl sites for hydroxylation is 1. The Morgan fingerprint density at radius 2 is 1.82 bits per heavy atom. The predicted octanol–water partition coefficient (Wildman–Crippen LogP) is 3.36. The molecule has 1 atom stereocenters. The highest BCUT2D eigenvalue weighted by atomic mass is 16.5. The fourth-order valence-corrected chi connectivity index (χ4v) is 3.13. The van der Waals surface area contributed by atoms with Crippen LogP contribution in [0.4, 0.5) is 5.69 Å². The maximum atomic E-state index is 12.7. The number of nitrogens with one attached hydrogen (secondary N) is 1. The summed E-state index contributed by atoms with van der Waals surface area (Å²) in [6, 6.07) is 18.3. The van der Waals surface area contributed by atoms with Gasteiger partial charge in [0.1, 0.15) is 18.1 Å². The molecule has 0 aliphatic heterocycles. The van der Waals surface area contributed by atoms with E-state index in [0.29, 0.717) is 17.2 Å². The van der Waals surface area contributed by atoms with E-state index < -0.39 is 23.5 Å². The molecule has 33 heavy (non-hydrogen) atoms. The van der Waals surface area contributed by atoms with E-state index in [1.165, 1.54) is 12.1 Å². The van der Waals surface area contributed by atoms with Crippen LogP contribution in [0.1, 0.15) is 28.7 Å².